The summed E-state index contributed by atoms with van der Waals surface area (Å²) in [6, 6.07) is 0. The molecule has 0 saturated heterocycles. The molecule has 0 aromatic rings. The van der Waals surface area contributed by atoms with Crippen LogP contribution in [0.1, 0.15) is 38.5 Å². The fourth-order valence-electron chi connectivity index (χ4n) is 3.22. The Balaban J connectivity index is 1.98. The monoisotopic (exact) mass is 220 g/mol. The van der Waals surface area contributed by atoms with Crippen LogP contribution >= 0.6 is 8.58 Å². The Morgan fingerprint density at radius 2 is 2.00 bits per heavy atom. The third-order valence-electron chi connectivity index (χ3n) is 3.98. The minimum absolute atomic E-state index is 0.388. The first-order valence-electron chi connectivity index (χ1n) is 6.07. The first kappa shape index (κ1) is 9.78. The maximum absolute atomic E-state index is 12.0. The van der Waals surface area contributed by atoms with Gasteiger partial charge in [0.2, 0.25) is 0 Å². The summed E-state index contributed by atoms with van der Waals surface area (Å²) in [5.41, 5.74) is 2.12. The normalized spacial score (nSPS) is 36.7. The van der Waals surface area contributed by atoms with E-state index in [0.717, 1.165) is 19.3 Å². The molecule has 0 spiro atoms. The number of allylic oxidation sites excluding steroid dienone is 4. The predicted molar refractivity (Wildman–Crippen MR) is 64.2 cm³/mol. The van der Waals surface area contributed by atoms with Gasteiger partial charge in [0.25, 0.3) is 0 Å². The summed E-state index contributed by atoms with van der Waals surface area (Å²) in [5.74, 6) is 0.984. The van der Waals surface area contributed by atoms with E-state index in [2.05, 4.69) is 12.2 Å². The summed E-state index contributed by atoms with van der Waals surface area (Å²) < 4.78 is 0. The summed E-state index contributed by atoms with van der Waals surface area (Å²) in [7, 11) is 0.504. The third kappa shape index (κ3) is 1.61. The van der Waals surface area contributed by atoms with E-state index in [0.29, 0.717) is 25.9 Å². The lowest BCUT2D eigenvalue weighted by Crippen LogP contribution is -2.30. The molecule has 2 heteroatoms. The Bertz CT molecular complexity index is 354. The highest BCUT2D eigenvalue weighted by Crippen LogP contribution is 2.51. The predicted octanol–water partition coefficient (Wildman–Crippen LogP) is 3.62. The molecule has 1 nitrogen and oxygen atoms in total. The average Bonchev–Trinajstić information content (AvgIpc) is 2.30. The maximum Gasteiger partial charge on any atom is 0.159 e. The van der Waals surface area contributed by atoms with Crippen LogP contribution < -0.4 is 0 Å². The first-order valence-corrected chi connectivity index (χ1v) is 7.07. The van der Waals surface area contributed by atoms with Crippen molar-refractivity contribution in [1.82, 2.24) is 0 Å². The molecule has 0 N–H and O–H groups in total. The molecule has 1 heterocycles. The number of hydrogen-bond acceptors (Lipinski definition) is 1. The minimum Gasteiger partial charge on any atom is -0.294 e. The van der Waals surface area contributed by atoms with Gasteiger partial charge in [-0.05, 0) is 51.1 Å². The second kappa shape index (κ2) is 3.87. The van der Waals surface area contributed by atoms with Crippen LogP contribution in [0.4, 0.5) is 0 Å². The molecule has 3 unspecified atom stereocenters. The van der Waals surface area contributed by atoms with Crippen molar-refractivity contribution < 1.29 is 4.79 Å². The minimum atomic E-state index is 0.388. The Morgan fingerprint density at radius 1 is 1.20 bits per heavy atom. The molecular weight excluding hydrogens is 203 g/mol. The molecule has 15 heavy (non-hydrogen) atoms. The average molecular weight is 220 g/mol. The van der Waals surface area contributed by atoms with E-state index >= 15 is 0 Å². The van der Waals surface area contributed by atoms with Crippen LogP contribution in [-0.2, 0) is 4.79 Å². The third-order valence-corrected chi connectivity index (χ3v) is 5.44. The smallest absolute Gasteiger partial charge is 0.159 e. The van der Waals surface area contributed by atoms with Crippen molar-refractivity contribution in [3.63, 3.8) is 0 Å². The number of carbonyl (C=O) groups is 1. The molecule has 2 aliphatic carbocycles. The van der Waals surface area contributed by atoms with E-state index in [-0.39, 0.29) is 0 Å². The van der Waals surface area contributed by atoms with E-state index in [1.165, 1.54) is 24.6 Å². The number of carbonyl (C=O) groups excluding carboxylic acids is 1. The summed E-state index contributed by atoms with van der Waals surface area (Å²) >= 11 is 0. The van der Waals surface area contributed by atoms with Crippen molar-refractivity contribution in [1.29, 1.82) is 0 Å². The Labute approximate surface area is 92.8 Å². The Hall–Kier alpha value is -0.420. The van der Waals surface area contributed by atoms with E-state index < -0.39 is 0 Å². The molecule has 1 aliphatic heterocycles. The molecule has 3 aliphatic rings. The van der Waals surface area contributed by atoms with Crippen molar-refractivity contribution in [3.8, 4) is 0 Å². The van der Waals surface area contributed by atoms with Crippen molar-refractivity contribution in [2.75, 3.05) is 0 Å². The Kier molecular flexibility index (Phi) is 2.52. The number of fused-ring (bicyclic) bond motifs is 2. The lowest BCUT2D eigenvalue weighted by molar-refractivity contribution is -0.116. The van der Waals surface area contributed by atoms with Gasteiger partial charge in [-0.15, -0.1) is 0 Å². The van der Waals surface area contributed by atoms with Crippen molar-refractivity contribution in [2.24, 2.45) is 11.8 Å². The quantitative estimate of drug-likeness (QED) is 0.570. The fraction of sp³-hybridized carbons (Fsp3) is 0.615. The molecular formula is C13H17OP. The summed E-state index contributed by atoms with van der Waals surface area (Å²) in [6.45, 7) is 0. The lowest BCUT2D eigenvalue weighted by atomic mass is 9.74. The van der Waals surface area contributed by atoms with Gasteiger partial charge >= 0.3 is 0 Å². The van der Waals surface area contributed by atoms with Crippen molar-refractivity contribution >= 4 is 14.1 Å². The highest BCUT2D eigenvalue weighted by atomic mass is 31.1. The molecule has 3 atom stereocenters. The second-order valence-corrected chi connectivity index (χ2v) is 6.21. The van der Waals surface area contributed by atoms with Gasteiger partial charge in [-0.25, -0.2) is 0 Å². The topological polar surface area (TPSA) is 17.1 Å². The van der Waals surface area contributed by atoms with Gasteiger partial charge in [0, 0.05) is 5.92 Å². The molecule has 0 radical (unpaired) electrons. The molecule has 1 fully saturated rings. The zero-order chi connectivity index (χ0) is 10.3. The largest absolute Gasteiger partial charge is 0.294 e. The lowest BCUT2D eigenvalue weighted by Gasteiger charge is -2.37. The summed E-state index contributed by atoms with van der Waals surface area (Å²) in [4.78, 5) is 12.0. The second-order valence-electron chi connectivity index (χ2n) is 4.86. The molecule has 0 aromatic carbocycles. The van der Waals surface area contributed by atoms with Gasteiger partial charge in [0.05, 0.1) is 0 Å². The Morgan fingerprint density at radius 3 is 2.87 bits per heavy atom. The van der Waals surface area contributed by atoms with Crippen LogP contribution in [0.2, 0.25) is 0 Å². The van der Waals surface area contributed by atoms with Crippen LogP contribution in [0.15, 0.2) is 23.0 Å². The van der Waals surface area contributed by atoms with Gasteiger partial charge < -0.3 is 0 Å². The molecule has 0 aromatic heterocycles. The van der Waals surface area contributed by atoms with E-state index in [1.807, 2.05) is 0 Å². The van der Waals surface area contributed by atoms with Gasteiger partial charge in [-0.3, -0.25) is 4.79 Å². The number of hydrogen-bond donors (Lipinski definition) is 0. The van der Waals surface area contributed by atoms with Gasteiger partial charge in [0.15, 0.2) is 5.52 Å². The highest BCUT2D eigenvalue weighted by Gasteiger charge is 2.37. The van der Waals surface area contributed by atoms with Crippen LogP contribution in [-0.4, -0.2) is 5.52 Å². The van der Waals surface area contributed by atoms with E-state index in [4.69, 9.17) is 0 Å². The fourth-order valence-corrected chi connectivity index (χ4v) is 4.73. The molecule has 80 valence electrons. The van der Waals surface area contributed by atoms with E-state index in [9.17, 15) is 4.79 Å². The molecule has 0 amide bonds. The van der Waals surface area contributed by atoms with Crippen LogP contribution in [0.25, 0.3) is 0 Å². The summed E-state index contributed by atoms with van der Waals surface area (Å²) in [5, 5.41) is 1.49. The van der Waals surface area contributed by atoms with E-state index in [1.54, 1.807) is 5.57 Å². The summed E-state index contributed by atoms with van der Waals surface area (Å²) in [6.07, 6.45) is 11.9. The zero-order valence-electron chi connectivity index (χ0n) is 8.96. The molecule has 1 saturated carbocycles. The SMILES string of the molecule is O=C1PC2=C(C=CCC2)C2CCCCC12. The van der Waals surface area contributed by atoms with Crippen molar-refractivity contribution in [3.05, 3.63) is 23.0 Å². The highest BCUT2D eigenvalue weighted by molar-refractivity contribution is 7.62. The van der Waals surface area contributed by atoms with Gasteiger partial charge in [0.1, 0.15) is 0 Å². The first-order chi connectivity index (χ1) is 7.36. The standard InChI is InChI=1S/C13H17OP/c14-13-11-7-2-1-5-9(11)10-6-3-4-8-12(10)15-13/h3,6,9,11,15H,1-2,4-5,7-8H2. The number of rotatable bonds is 0. The van der Waals surface area contributed by atoms with Crippen LogP contribution in [0.5, 0.6) is 0 Å². The van der Waals surface area contributed by atoms with Crippen LogP contribution in [0.3, 0.4) is 0 Å². The maximum atomic E-state index is 12.0. The zero-order valence-corrected chi connectivity index (χ0v) is 9.96. The molecule has 0 bridgehead atoms. The van der Waals surface area contributed by atoms with Crippen molar-refractivity contribution in [2.45, 2.75) is 38.5 Å². The van der Waals surface area contributed by atoms with Gasteiger partial charge in [-0.2, -0.15) is 0 Å². The molecule has 3 rings (SSSR count). The van der Waals surface area contributed by atoms with Gasteiger partial charge in [-0.1, -0.05) is 25.0 Å². The van der Waals surface area contributed by atoms with Crippen LogP contribution in [0, 0.1) is 11.8 Å².